The molecule has 0 saturated heterocycles. The second kappa shape index (κ2) is 9.98. The molecule has 0 radical (unpaired) electrons. The van der Waals surface area contributed by atoms with E-state index >= 15 is 0 Å². The molecular weight excluding hydrogens is 344 g/mol. The maximum Gasteiger partial charge on any atom is 0.233 e. The molecule has 1 aromatic rings. The highest BCUT2D eigenvalue weighted by molar-refractivity contribution is 8.01. The van der Waals surface area contributed by atoms with Gasteiger partial charge >= 0.3 is 0 Å². The monoisotopic (exact) mass is 370 g/mol. The van der Waals surface area contributed by atoms with Crippen molar-refractivity contribution in [1.82, 2.24) is 15.1 Å². The fourth-order valence-electron chi connectivity index (χ4n) is 2.93. The van der Waals surface area contributed by atoms with E-state index in [4.69, 9.17) is 0 Å². The van der Waals surface area contributed by atoms with Crippen LogP contribution in [0.5, 0.6) is 0 Å². The molecule has 8 heteroatoms. The molecular formula is C16H26N4O2S2. The number of hydrogen-bond donors (Lipinski definition) is 1. The van der Waals surface area contributed by atoms with Crippen LogP contribution in [0.3, 0.4) is 0 Å². The minimum absolute atomic E-state index is 0.00816. The van der Waals surface area contributed by atoms with Crippen LogP contribution in [0, 0.1) is 5.92 Å². The molecule has 1 heterocycles. The maximum atomic E-state index is 12.0. The molecule has 1 aliphatic rings. The van der Waals surface area contributed by atoms with E-state index in [1.165, 1.54) is 48.8 Å². The molecule has 6 nitrogen and oxygen atoms in total. The number of nitrogens with one attached hydrogen (secondary N) is 1. The number of thioether (sulfide) groups is 1. The molecule has 0 bridgehead atoms. The molecule has 1 aliphatic carbocycles. The molecule has 1 N–H and O–H groups in total. The standard InChI is InChI=1S/C16H26N4O2S2/c1-3-20(4-2)14(22)11-23-16-19-18-15(24-16)17-13(21)10-9-12-7-5-6-8-12/h12H,3-11H2,1-2H3,(H,17,18,21). The number of amides is 2. The van der Waals surface area contributed by atoms with E-state index in [9.17, 15) is 9.59 Å². The molecule has 0 spiro atoms. The molecule has 134 valence electrons. The van der Waals surface area contributed by atoms with Crippen molar-refractivity contribution in [3.8, 4) is 0 Å². The number of anilines is 1. The second-order valence-corrected chi connectivity index (χ2v) is 8.17. The van der Waals surface area contributed by atoms with Crippen molar-refractivity contribution in [3.63, 3.8) is 0 Å². The van der Waals surface area contributed by atoms with Crippen LogP contribution in [0.2, 0.25) is 0 Å². The lowest BCUT2D eigenvalue weighted by molar-refractivity contribution is -0.128. The van der Waals surface area contributed by atoms with Gasteiger partial charge < -0.3 is 10.2 Å². The number of hydrogen-bond acceptors (Lipinski definition) is 6. The number of carbonyl (C=O) groups excluding carboxylic acids is 2. The molecule has 1 aromatic heterocycles. The average Bonchev–Trinajstić information content (AvgIpc) is 3.24. The van der Waals surface area contributed by atoms with Gasteiger partial charge in [-0.1, -0.05) is 48.8 Å². The third-order valence-electron chi connectivity index (χ3n) is 4.34. The predicted molar refractivity (Wildman–Crippen MR) is 98.4 cm³/mol. The van der Waals surface area contributed by atoms with E-state index in [-0.39, 0.29) is 11.8 Å². The highest BCUT2D eigenvalue weighted by Gasteiger charge is 2.17. The molecule has 24 heavy (non-hydrogen) atoms. The van der Waals surface area contributed by atoms with Gasteiger partial charge in [-0.2, -0.15) is 0 Å². The van der Waals surface area contributed by atoms with Crippen molar-refractivity contribution >= 4 is 40.0 Å². The normalized spacial score (nSPS) is 14.8. The van der Waals surface area contributed by atoms with Gasteiger partial charge in [0, 0.05) is 19.5 Å². The summed E-state index contributed by atoms with van der Waals surface area (Å²) in [6.07, 6.45) is 6.63. The second-order valence-electron chi connectivity index (χ2n) is 5.97. The fourth-order valence-corrected chi connectivity index (χ4v) is 4.60. The van der Waals surface area contributed by atoms with Crippen LogP contribution >= 0.6 is 23.1 Å². The molecule has 0 aromatic carbocycles. The quantitative estimate of drug-likeness (QED) is 0.532. The van der Waals surface area contributed by atoms with E-state index < -0.39 is 0 Å². The molecule has 2 amide bonds. The summed E-state index contributed by atoms with van der Waals surface area (Å²) >= 11 is 2.70. The Hall–Kier alpha value is -1.15. The summed E-state index contributed by atoms with van der Waals surface area (Å²) in [7, 11) is 0. The Labute approximate surface area is 151 Å². The van der Waals surface area contributed by atoms with Gasteiger partial charge in [-0.05, 0) is 26.2 Å². The Kier molecular flexibility index (Phi) is 7.98. The molecule has 1 saturated carbocycles. The predicted octanol–water partition coefficient (Wildman–Crippen LogP) is 3.41. The first-order valence-corrected chi connectivity index (χ1v) is 10.5. The summed E-state index contributed by atoms with van der Waals surface area (Å²) in [6, 6.07) is 0. The first-order valence-electron chi connectivity index (χ1n) is 8.66. The average molecular weight is 371 g/mol. The third-order valence-corrected chi connectivity index (χ3v) is 6.30. The number of aromatic nitrogens is 2. The Balaban J connectivity index is 1.71. The molecule has 2 rings (SSSR count). The zero-order valence-corrected chi connectivity index (χ0v) is 16.0. The van der Waals surface area contributed by atoms with Crippen LogP contribution in [0.25, 0.3) is 0 Å². The summed E-state index contributed by atoms with van der Waals surface area (Å²) in [4.78, 5) is 25.7. The van der Waals surface area contributed by atoms with Crippen LogP contribution in [0.1, 0.15) is 52.4 Å². The Bertz CT molecular complexity index is 540. The van der Waals surface area contributed by atoms with Gasteiger partial charge in [-0.25, -0.2) is 0 Å². The van der Waals surface area contributed by atoms with Crippen LogP contribution in [0.15, 0.2) is 4.34 Å². The first kappa shape index (κ1) is 19.2. The number of rotatable bonds is 9. The Morgan fingerprint density at radius 1 is 1.25 bits per heavy atom. The lowest BCUT2D eigenvalue weighted by Gasteiger charge is -2.17. The van der Waals surface area contributed by atoms with Gasteiger partial charge in [0.25, 0.3) is 0 Å². The topological polar surface area (TPSA) is 75.2 Å². The zero-order valence-electron chi connectivity index (χ0n) is 14.4. The highest BCUT2D eigenvalue weighted by atomic mass is 32.2. The van der Waals surface area contributed by atoms with Crippen molar-refractivity contribution in [2.75, 3.05) is 24.2 Å². The van der Waals surface area contributed by atoms with Crippen LogP contribution in [-0.4, -0.2) is 45.8 Å². The van der Waals surface area contributed by atoms with Crippen LogP contribution in [-0.2, 0) is 9.59 Å². The summed E-state index contributed by atoms with van der Waals surface area (Å²) in [5.41, 5.74) is 0. The van der Waals surface area contributed by atoms with E-state index in [0.717, 1.165) is 6.42 Å². The summed E-state index contributed by atoms with van der Waals surface area (Å²) in [5, 5.41) is 11.4. The Morgan fingerprint density at radius 2 is 1.96 bits per heavy atom. The minimum atomic E-state index is 0.00816. The number of carbonyl (C=O) groups is 2. The van der Waals surface area contributed by atoms with Crippen molar-refractivity contribution in [2.45, 2.75) is 56.7 Å². The lowest BCUT2D eigenvalue weighted by atomic mass is 10.0. The van der Waals surface area contributed by atoms with E-state index in [2.05, 4.69) is 15.5 Å². The smallest absolute Gasteiger partial charge is 0.233 e. The van der Waals surface area contributed by atoms with E-state index in [1.807, 2.05) is 13.8 Å². The summed E-state index contributed by atoms with van der Waals surface area (Å²) in [5.74, 6) is 1.17. The van der Waals surface area contributed by atoms with Gasteiger partial charge in [0.15, 0.2) is 4.34 Å². The van der Waals surface area contributed by atoms with E-state index in [0.29, 0.717) is 40.7 Å². The molecule has 1 fully saturated rings. The van der Waals surface area contributed by atoms with Gasteiger partial charge in [-0.3, -0.25) is 9.59 Å². The van der Waals surface area contributed by atoms with E-state index in [1.54, 1.807) is 4.90 Å². The van der Waals surface area contributed by atoms with Crippen molar-refractivity contribution in [1.29, 1.82) is 0 Å². The molecule has 0 aliphatic heterocycles. The van der Waals surface area contributed by atoms with Crippen molar-refractivity contribution < 1.29 is 9.59 Å². The van der Waals surface area contributed by atoms with Crippen LogP contribution in [0.4, 0.5) is 5.13 Å². The zero-order chi connectivity index (χ0) is 17.4. The first-order chi connectivity index (χ1) is 11.6. The lowest BCUT2D eigenvalue weighted by Crippen LogP contribution is -2.31. The van der Waals surface area contributed by atoms with Crippen molar-refractivity contribution in [2.24, 2.45) is 5.92 Å². The molecule has 0 atom stereocenters. The SMILES string of the molecule is CCN(CC)C(=O)CSc1nnc(NC(=O)CCC2CCCC2)s1. The van der Waals surface area contributed by atoms with Crippen LogP contribution < -0.4 is 5.32 Å². The van der Waals surface area contributed by atoms with Crippen molar-refractivity contribution in [3.05, 3.63) is 0 Å². The number of nitrogens with zero attached hydrogens (tertiary/aromatic N) is 3. The van der Waals surface area contributed by atoms with Gasteiger partial charge in [0.05, 0.1) is 5.75 Å². The maximum absolute atomic E-state index is 12.0. The summed E-state index contributed by atoms with van der Waals surface area (Å²) in [6.45, 7) is 5.37. The van der Waals surface area contributed by atoms with Gasteiger partial charge in [0.2, 0.25) is 16.9 Å². The van der Waals surface area contributed by atoms with Gasteiger partial charge in [0.1, 0.15) is 0 Å². The fraction of sp³-hybridized carbons (Fsp3) is 0.750. The minimum Gasteiger partial charge on any atom is -0.343 e. The summed E-state index contributed by atoms with van der Waals surface area (Å²) < 4.78 is 0.710. The molecule has 0 unspecified atom stereocenters. The third kappa shape index (κ3) is 6.05. The van der Waals surface area contributed by atoms with Gasteiger partial charge in [-0.15, -0.1) is 10.2 Å². The highest BCUT2D eigenvalue weighted by Crippen LogP contribution is 2.29. The Morgan fingerprint density at radius 3 is 2.62 bits per heavy atom. The largest absolute Gasteiger partial charge is 0.343 e.